The minimum absolute atomic E-state index is 0.355. The van der Waals surface area contributed by atoms with Gasteiger partial charge in [-0.25, -0.2) is 0 Å². The molecule has 0 bridgehead atoms. The lowest BCUT2D eigenvalue weighted by molar-refractivity contribution is 0.744. The van der Waals surface area contributed by atoms with Gasteiger partial charge < -0.3 is 0 Å². The molecule has 0 radical (unpaired) electrons. The van der Waals surface area contributed by atoms with Crippen LogP contribution in [0.2, 0.25) is 5.15 Å². The third-order valence-electron chi connectivity index (χ3n) is 2.60. The maximum Gasteiger partial charge on any atom is 0.127 e. The molecule has 0 N–H and O–H groups in total. The van der Waals surface area contributed by atoms with Gasteiger partial charge in [-0.1, -0.05) is 41.9 Å². The van der Waals surface area contributed by atoms with Crippen molar-refractivity contribution >= 4 is 23.4 Å². The molecular weight excluding hydrogens is 252 g/mol. The van der Waals surface area contributed by atoms with Crippen LogP contribution in [-0.4, -0.2) is 9.78 Å². The maximum atomic E-state index is 5.98. The number of thioether (sulfide) groups is 1. The standard InChI is InChI=1S/C13H15ClN2S/c1-10(12-8-13(14)16(2)15-12)17-9-11-6-4-3-5-7-11/h3-8,10H,9H2,1-2H3. The third kappa shape index (κ3) is 3.27. The molecule has 17 heavy (non-hydrogen) atoms. The van der Waals surface area contributed by atoms with Crippen molar-refractivity contribution in [3.8, 4) is 0 Å². The van der Waals surface area contributed by atoms with E-state index in [0.29, 0.717) is 10.4 Å². The van der Waals surface area contributed by atoms with Gasteiger partial charge in [0.15, 0.2) is 0 Å². The Labute approximate surface area is 111 Å². The number of hydrogen-bond acceptors (Lipinski definition) is 2. The zero-order chi connectivity index (χ0) is 12.3. The summed E-state index contributed by atoms with van der Waals surface area (Å²) in [5.74, 6) is 0.996. The maximum absolute atomic E-state index is 5.98. The molecule has 1 aromatic heterocycles. The first-order valence-electron chi connectivity index (χ1n) is 5.52. The first kappa shape index (κ1) is 12.5. The molecule has 2 rings (SSSR count). The van der Waals surface area contributed by atoms with Gasteiger partial charge in [-0.2, -0.15) is 5.10 Å². The molecule has 0 saturated carbocycles. The number of halogens is 1. The molecule has 1 aromatic carbocycles. The summed E-state index contributed by atoms with van der Waals surface area (Å²) >= 11 is 7.85. The molecular formula is C13H15ClN2S. The van der Waals surface area contributed by atoms with Crippen LogP contribution in [0, 0.1) is 0 Å². The first-order chi connectivity index (χ1) is 8.16. The van der Waals surface area contributed by atoms with Gasteiger partial charge in [0.25, 0.3) is 0 Å². The summed E-state index contributed by atoms with van der Waals surface area (Å²) in [4.78, 5) is 0. The van der Waals surface area contributed by atoms with Crippen molar-refractivity contribution < 1.29 is 0 Å². The SMILES string of the molecule is CC(SCc1ccccc1)c1cc(Cl)n(C)n1. The number of rotatable bonds is 4. The summed E-state index contributed by atoms with van der Waals surface area (Å²) in [6.45, 7) is 2.16. The van der Waals surface area contributed by atoms with Gasteiger partial charge in [-0.3, -0.25) is 4.68 Å². The average Bonchev–Trinajstić information content (AvgIpc) is 2.68. The molecule has 0 spiro atoms. The van der Waals surface area contributed by atoms with E-state index in [1.165, 1.54) is 5.56 Å². The normalized spacial score (nSPS) is 12.6. The van der Waals surface area contributed by atoms with Crippen molar-refractivity contribution in [2.75, 3.05) is 0 Å². The van der Waals surface area contributed by atoms with Crippen LogP contribution in [0.5, 0.6) is 0 Å². The highest BCUT2D eigenvalue weighted by Crippen LogP contribution is 2.31. The van der Waals surface area contributed by atoms with Gasteiger partial charge in [0, 0.05) is 18.1 Å². The Hall–Kier alpha value is -0.930. The second-order valence-corrected chi connectivity index (χ2v) is 5.67. The van der Waals surface area contributed by atoms with Gasteiger partial charge in [-0.15, -0.1) is 11.8 Å². The van der Waals surface area contributed by atoms with Crippen LogP contribution in [0.3, 0.4) is 0 Å². The number of benzene rings is 1. The summed E-state index contributed by atoms with van der Waals surface area (Å²) in [7, 11) is 1.86. The lowest BCUT2D eigenvalue weighted by Crippen LogP contribution is -1.94. The van der Waals surface area contributed by atoms with Crippen LogP contribution in [0.25, 0.3) is 0 Å². The van der Waals surface area contributed by atoms with Crippen LogP contribution < -0.4 is 0 Å². The van der Waals surface area contributed by atoms with E-state index in [0.717, 1.165) is 11.4 Å². The van der Waals surface area contributed by atoms with Crippen molar-refractivity contribution in [2.45, 2.75) is 17.9 Å². The summed E-state index contributed by atoms with van der Waals surface area (Å²) in [6, 6.07) is 12.4. The fourth-order valence-corrected chi connectivity index (χ4v) is 2.62. The molecule has 1 unspecified atom stereocenters. The van der Waals surface area contributed by atoms with Crippen molar-refractivity contribution in [3.63, 3.8) is 0 Å². The summed E-state index contributed by atoms with van der Waals surface area (Å²) < 4.78 is 1.70. The van der Waals surface area contributed by atoms with Crippen molar-refractivity contribution in [1.29, 1.82) is 0 Å². The molecule has 0 fully saturated rings. The molecule has 0 saturated heterocycles. The van der Waals surface area contributed by atoms with Crippen LogP contribution in [0.1, 0.15) is 23.4 Å². The summed E-state index contributed by atoms with van der Waals surface area (Å²) in [5.41, 5.74) is 2.38. The van der Waals surface area contributed by atoms with E-state index in [1.54, 1.807) is 4.68 Å². The highest BCUT2D eigenvalue weighted by molar-refractivity contribution is 7.98. The molecule has 2 aromatic rings. The molecule has 0 aliphatic heterocycles. The number of hydrogen-bond donors (Lipinski definition) is 0. The predicted octanol–water partition coefficient (Wildman–Crippen LogP) is 4.07. The van der Waals surface area contributed by atoms with E-state index in [1.807, 2.05) is 30.9 Å². The van der Waals surface area contributed by atoms with Crippen molar-refractivity contribution in [2.24, 2.45) is 7.05 Å². The topological polar surface area (TPSA) is 17.8 Å². The van der Waals surface area contributed by atoms with Crippen LogP contribution >= 0.6 is 23.4 Å². The van der Waals surface area contributed by atoms with Crippen LogP contribution in [0.4, 0.5) is 0 Å². The largest absolute Gasteiger partial charge is 0.257 e. The third-order valence-corrected chi connectivity index (χ3v) is 4.20. The highest BCUT2D eigenvalue weighted by Gasteiger charge is 2.11. The quantitative estimate of drug-likeness (QED) is 0.830. The fourth-order valence-electron chi connectivity index (χ4n) is 1.54. The molecule has 90 valence electrons. The number of nitrogens with zero attached hydrogens (tertiary/aromatic N) is 2. The predicted molar refractivity (Wildman–Crippen MR) is 74.4 cm³/mol. The van der Waals surface area contributed by atoms with Gasteiger partial charge in [-0.05, 0) is 18.6 Å². The Bertz CT molecular complexity index is 462. The Morgan fingerprint density at radius 1 is 1.35 bits per heavy atom. The van der Waals surface area contributed by atoms with Gasteiger partial charge >= 0.3 is 0 Å². The summed E-state index contributed by atoms with van der Waals surface area (Å²) in [6.07, 6.45) is 0. The molecule has 0 amide bonds. The van der Waals surface area contributed by atoms with Gasteiger partial charge in [0.1, 0.15) is 5.15 Å². The second-order valence-electron chi connectivity index (χ2n) is 3.95. The minimum Gasteiger partial charge on any atom is -0.257 e. The highest BCUT2D eigenvalue weighted by atomic mass is 35.5. The molecule has 2 nitrogen and oxygen atoms in total. The molecule has 1 atom stereocenters. The Balaban J connectivity index is 1.96. The summed E-state index contributed by atoms with van der Waals surface area (Å²) in [5, 5.41) is 5.43. The lowest BCUT2D eigenvalue weighted by atomic mass is 10.2. The minimum atomic E-state index is 0.355. The van der Waals surface area contributed by atoms with Crippen LogP contribution in [0.15, 0.2) is 36.4 Å². The number of aryl methyl sites for hydroxylation is 1. The van der Waals surface area contributed by atoms with E-state index in [4.69, 9.17) is 11.6 Å². The molecule has 0 aliphatic rings. The van der Waals surface area contributed by atoms with E-state index >= 15 is 0 Å². The average molecular weight is 267 g/mol. The zero-order valence-corrected chi connectivity index (χ0v) is 11.5. The van der Waals surface area contributed by atoms with E-state index < -0.39 is 0 Å². The fraction of sp³-hybridized carbons (Fsp3) is 0.308. The Kier molecular flexibility index (Phi) is 4.13. The van der Waals surface area contributed by atoms with E-state index in [9.17, 15) is 0 Å². The van der Waals surface area contributed by atoms with Gasteiger partial charge in [0.05, 0.1) is 5.69 Å². The van der Waals surface area contributed by atoms with Crippen LogP contribution in [-0.2, 0) is 12.8 Å². The second kappa shape index (κ2) is 5.61. The van der Waals surface area contributed by atoms with Crippen molar-refractivity contribution in [3.05, 3.63) is 52.8 Å². The molecule has 1 heterocycles. The van der Waals surface area contributed by atoms with Crippen molar-refractivity contribution in [1.82, 2.24) is 9.78 Å². The van der Waals surface area contributed by atoms with E-state index in [2.05, 4.69) is 36.3 Å². The zero-order valence-electron chi connectivity index (χ0n) is 9.93. The monoisotopic (exact) mass is 266 g/mol. The Morgan fingerprint density at radius 3 is 2.65 bits per heavy atom. The van der Waals surface area contributed by atoms with Gasteiger partial charge in [0.2, 0.25) is 0 Å². The first-order valence-corrected chi connectivity index (χ1v) is 6.94. The Morgan fingerprint density at radius 2 is 2.06 bits per heavy atom. The smallest absolute Gasteiger partial charge is 0.127 e. The molecule has 4 heteroatoms. The lowest BCUT2D eigenvalue weighted by Gasteiger charge is -2.08. The van der Waals surface area contributed by atoms with E-state index in [-0.39, 0.29) is 0 Å². The number of aromatic nitrogens is 2. The molecule has 0 aliphatic carbocycles.